The molecule has 2 aromatic rings. The molecule has 0 radical (unpaired) electrons. The zero-order chi connectivity index (χ0) is 19.6. The van der Waals surface area contributed by atoms with Crippen molar-refractivity contribution in [3.8, 4) is 0 Å². The Hall–Kier alpha value is -1.26. The summed E-state index contributed by atoms with van der Waals surface area (Å²) in [7, 11) is -7.41. The van der Waals surface area contributed by atoms with E-state index in [-0.39, 0.29) is 12.8 Å². The van der Waals surface area contributed by atoms with E-state index >= 15 is 0 Å². The molecule has 0 bridgehead atoms. The minimum atomic E-state index is -4.00. The van der Waals surface area contributed by atoms with Gasteiger partial charge >= 0.3 is 15.2 Å². The summed E-state index contributed by atoms with van der Waals surface area (Å²) < 4.78 is 27.1. The molecule has 0 aliphatic heterocycles. The van der Waals surface area contributed by atoms with Gasteiger partial charge in [-0.05, 0) is 24.5 Å². The molecule has 8 heteroatoms. The molecule has 2 atom stereocenters. The summed E-state index contributed by atoms with van der Waals surface area (Å²) in [6, 6.07) is 18.0. The molecule has 0 heterocycles. The molecule has 144 valence electrons. The predicted molar refractivity (Wildman–Crippen MR) is 103 cm³/mol. The molecule has 2 aromatic carbocycles. The molecule has 0 aromatic heterocycles. The van der Waals surface area contributed by atoms with E-state index in [1.165, 1.54) is 0 Å². The van der Waals surface area contributed by atoms with Gasteiger partial charge < -0.3 is 19.2 Å². The second kappa shape index (κ2) is 10.8. The molecule has 0 amide bonds. The van der Waals surface area contributed by atoms with Crippen molar-refractivity contribution in [1.82, 2.24) is 0 Å². The Labute approximate surface area is 154 Å². The Bertz CT molecular complexity index is 722. The van der Waals surface area contributed by atoms with Crippen LogP contribution >= 0.6 is 15.2 Å². The molecule has 0 spiro atoms. The first-order valence-corrected chi connectivity index (χ1v) is 11.7. The van der Waals surface area contributed by atoms with E-state index in [2.05, 4.69) is 0 Å². The molecule has 3 N–H and O–H groups in total. The van der Waals surface area contributed by atoms with Gasteiger partial charge in [0, 0.05) is 0 Å². The molecule has 26 heavy (non-hydrogen) atoms. The van der Waals surface area contributed by atoms with Gasteiger partial charge in [0.1, 0.15) is 0 Å². The van der Waals surface area contributed by atoms with Crippen molar-refractivity contribution in [1.29, 1.82) is 0 Å². The van der Waals surface area contributed by atoms with E-state index in [0.717, 1.165) is 5.56 Å². The molecule has 0 aliphatic carbocycles. The Morgan fingerprint density at radius 2 is 1.38 bits per heavy atom. The molecule has 0 saturated carbocycles. The largest absolute Gasteiger partial charge is 0.332 e. The van der Waals surface area contributed by atoms with Gasteiger partial charge in [0.2, 0.25) is 0 Å². The van der Waals surface area contributed by atoms with Gasteiger partial charge in [0.15, 0.2) is 0 Å². The normalized spacial score (nSPS) is 14.7. The second-order valence-corrected chi connectivity index (χ2v) is 9.27. The van der Waals surface area contributed by atoms with E-state index in [4.69, 9.17) is 14.3 Å². The van der Waals surface area contributed by atoms with Gasteiger partial charge in [-0.3, -0.25) is 9.13 Å². The maximum Gasteiger partial charge on any atom is 0.332 e. The van der Waals surface area contributed by atoms with Crippen LogP contribution in [0.2, 0.25) is 0 Å². The molecule has 0 aliphatic rings. The Morgan fingerprint density at radius 1 is 0.885 bits per heavy atom. The minimum absolute atomic E-state index is 0.0850. The standard InChI is InChI=1S/2C9H13O3P/c1-2-12-13(10,11)8-9-6-4-3-5-7-9;1-2-9(13(10,11)12)8-6-4-3-5-7-8/h3-7H,2,8H2,1H3,(H,10,11);3-7,9H,2H2,1H3,(H2,10,11,12). The van der Waals surface area contributed by atoms with Crippen molar-refractivity contribution in [2.24, 2.45) is 0 Å². The number of rotatable bonds is 7. The fourth-order valence-electron chi connectivity index (χ4n) is 2.40. The van der Waals surface area contributed by atoms with Crippen LogP contribution in [-0.2, 0) is 19.8 Å². The molecule has 6 nitrogen and oxygen atoms in total. The fraction of sp³-hybridized carbons (Fsp3) is 0.333. The number of benzene rings is 2. The lowest BCUT2D eigenvalue weighted by atomic mass is 10.1. The van der Waals surface area contributed by atoms with Crippen LogP contribution in [0.4, 0.5) is 0 Å². The minimum Gasteiger partial charge on any atom is -0.324 e. The monoisotopic (exact) mass is 400 g/mol. The lowest BCUT2D eigenvalue weighted by Gasteiger charge is -2.16. The third-order valence-corrected chi connectivity index (χ3v) is 6.43. The summed E-state index contributed by atoms with van der Waals surface area (Å²) in [6.07, 6.45) is 0.538. The van der Waals surface area contributed by atoms with Crippen molar-refractivity contribution in [3.05, 3.63) is 71.8 Å². The first kappa shape index (κ1) is 22.8. The van der Waals surface area contributed by atoms with Crippen LogP contribution in [0.25, 0.3) is 0 Å². The second-order valence-electron chi connectivity index (χ2n) is 5.62. The lowest BCUT2D eigenvalue weighted by Crippen LogP contribution is -1.97. The first-order chi connectivity index (χ1) is 12.2. The SMILES string of the molecule is CCC(c1ccccc1)P(=O)(O)O.CCOP(=O)(O)Cc1ccccc1. The van der Waals surface area contributed by atoms with Gasteiger partial charge in [-0.1, -0.05) is 67.6 Å². The fourth-order valence-corrected chi connectivity index (χ4v) is 4.61. The highest BCUT2D eigenvalue weighted by molar-refractivity contribution is 7.52. The number of hydrogen-bond donors (Lipinski definition) is 3. The summed E-state index contributed by atoms with van der Waals surface area (Å²) >= 11 is 0. The summed E-state index contributed by atoms with van der Waals surface area (Å²) in [5.74, 6) is 0. The molecular weight excluding hydrogens is 374 g/mol. The summed E-state index contributed by atoms with van der Waals surface area (Å²) in [5.41, 5.74) is 0.869. The van der Waals surface area contributed by atoms with E-state index in [1.807, 2.05) is 36.4 Å². The first-order valence-electron chi connectivity index (χ1n) is 8.30. The predicted octanol–water partition coefficient (Wildman–Crippen LogP) is 4.72. The topological polar surface area (TPSA) is 104 Å². The Kier molecular flexibility index (Phi) is 9.45. The van der Waals surface area contributed by atoms with Crippen LogP contribution in [0.3, 0.4) is 0 Å². The van der Waals surface area contributed by atoms with Crippen molar-refractivity contribution in [2.45, 2.75) is 32.1 Å². The maximum atomic E-state index is 11.3. The van der Waals surface area contributed by atoms with Crippen LogP contribution in [0.5, 0.6) is 0 Å². The summed E-state index contributed by atoms with van der Waals surface area (Å²) in [5, 5.41) is 0. The van der Waals surface area contributed by atoms with Crippen molar-refractivity contribution in [3.63, 3.8) is 0 Å². The van der Waals surface area contributed by atoms with Crippen molar-refractivity contribution in [2.75, 3.05) is 6.61 Å². The Balaban J connectivity index is 0.000000260. The average Bonchev–Trinajstić information content (AvgIpc) is 2.56. The molecule has 0 fully saturated rings. The third-order valence-electron chi connectivity index (χ3n) is 3.53. The summed E-state index contributed by atoms with van der Waals surface area (Å²) in [4.78, 5) is 27.4. The molecule has 2 rings (SSSR count). The molecular formula is C18H26O6P2. The third kappa shape index (κ3) is 8.41. The van der Waals surface area contributed by atoms with Crippen LogP contribution < -0.4 is 0 Å². The van der Waals surface area contributed by atoms with Gasteiger partial charge in [-0.2, -0.15) is 0 Å². The molecule has 2 unspecified atom stereocenters. The highest BCUT2D eigenvalue weighted by Crippen LogP contribution is 2.53. The zero-order valence-corrected chi connectivity index (χ0v) is 16.7. The smallest absolute Gasteiger partial charge is 0.324 e. The Morgan fingerprint density at radius 3 is 1.81 bits per heavy atom. The van der Waals surface area contributed by atoms with E-state index in [0.29, 0.717) is 12.0 Å². The van der Waals surface area contributed by atoms with Crippen molar-refractivity contribution >= 4 is 15.2 Å². The van der Waals surface area contributed by atoms with Crippen LogP contribution in [-0.4, -0.2) is 21.3 Å². The van der Waals surface area contributed by atoms with Gasteiger partial charge in [0.05, 0.1) is 18.4 Å². The van der Waals surface area contributed by atoms with E-state index in [1.54, 1.807) is 38.1 Å². The van der Waals surface area contributed by atoms with Crippen LogP contribution in [0, 0.1) is 0 Å². The van der Waals surface area contributed by atoms with Gasteiger partial charge in [0.25, 0.3) is 0 Å². The number of hydrogen-bond acceptors (Lipinski definition) is 3. The van der Waals surface area contributed by atoms with Crippen LogP contribution in [0.15, 0.2) is 60.7 Å². The molecule has 0 saturated heterocycles. The van der Waals surface area contributed by atoms with Crippen molar-refractivity contribution < 1.29 is 28.3 Å². The lowest BCUT2D eigenvalue weighted by molar-refractivity contribution is 0.272. The quantitative estimate of drug-likeness (QED) is 0.581. The van der Waals surface area contributed by atoms with Gasteiger partial charge in [-0.25, -0.2) is 0 Å². The van der Waals surface area contributed by atoms with Crippen LogP contribution in [0.1, 0.15) is 37.1 Å². The average molecular weight is 400 g/mol. The highest BCUT2D eigenvalue weighted by atomic mass is 31.2. The zero-order valence-electron chi connectivity index (χ0n) is 14.9. The highest BCUT2D eigenvalue weighted by Gasteiger charge is 2.28. The van der Waals surface area contributed by atoms with E-state index in [9.17, 15) is 14.0 Å². The van der Waals surface area contributed by atoms with Gasteiger partial charge in [-0.15, -0.1) is 0 Å². The van der Waals surface area contributed by atoms with E-state index < -0.39 is 20.9 Å². The summed E-state index contributed by atoms with van der Waals surface area (Å²) in [6.45, 7) is 3.74. The maximum absolute atomic E-state index is 11.3.